The molecule has 0 amide bonds. The van der Waals surface area contributed by atoms with Crippen LogP contribution in [0.2, 0.25) is 0 Å². The number of aromatic nitrogens is 3. The topological polar surface area (TPSA) is 114 Å². The molecule has 5 rings (SSSR count). The largest absolute Gasteiger partial charge is 0.480 e. The number of rotatable bonds is 7. The van der Waals surface area contributed by atoms with Gasteiger partial charge in [0, 0.05) is 47.4 Å². The lowest BCUT2D eigenvalue weighted by molar-refractivity contribution is 0.282. The van der Waals surface area contributed by atoms with Crippen molar-refractivity contribution in [3.05, 3.63) is 96.6 Å². The maximum absolute atomic E-state index is 14.2. The molecule has 0 saturated carbocycles. The normalized spacial score (nSPS) is 11.5. The van der Waals surface area contributed by atoms with Gasteiger partial charge < -0.3 is 9.84 Å². The maximum atomic E-state index is 14.2. The van der Waals surface area contributed by atoms with E-state index in [1.54, 1.807) is 30.7 Å². The number of sulfonamides is 1. The predicted octanol–water partition coefficient (Wildman–Crippen LogP) is 4.94. The summed E-state index contributed by atoms with van der Waals surface area (Å²) < 4.78 is 60.8. The molecule has 0 aliphatic rings. The van der Waals surface area contributed by atoms with Crippen molar-refractivity contribution in [1.82, 2.24) is 15.0 Å². The van der Waals surface area contributed by atoms with Gasteiger partial charge in [0.25, 0.3) is 10.0 Å². The highest BCUT2D eigenvalue weighted by atomic mass is 32.2. The molecule has 0 bridgehead atoms. The highest BCUT2D eigenvalue weighted by molar-refractivity contribution is 7.92. The smallest absolute Gasteiger partial charge is 0.264 e. The van der Waals surface area contributed by atoms with Crippen LogP contribution in [0.25, 0.3) is 33.2 Å². The zero-order chi connectivity index (χ0) is 26.9. The Morgan fingerprint density at radius 1 is 0.921 bits per heavy atom. The number of aliphatic hydroxyl groups excluding tert-OH is 1. The average molecular weight is 535 g/mol. The molecule has 2 aromatic carbocycles. The Kier molecular flexibility index (Phi) is 6.70. The van der Waals surface area contributed by atoms with E-state index in [2.05, 4.69) is 19.7 Å². The maximum Gasteiger partial charge on any atom is 0.264 e. The lowest BCUT2D eigenvalue weighted by Crippen LogP contribution is -2.15. The minimum Gasteiger partial charge on any atom is -0.480 e. The van der Waals surface area contributed by atoms with E-state index in [-0.39, 0.29) is 18.2 Å². The second kappa shape index (κ2) is 10.1. The molecule has 11 heteroatoms. The summed E-state index contributed by atoms with van der Waals surface area (Å²) in [5.74, 6) is -2.16. The third-order valence-electron chi connectivity index (χ3n) is 5.92. The van der Waals surface area contributed by atoms with Crippen molar-refractivity contribution in [2.75, 3.05) is 11.8 Å². The zero-order valence-corrected chi connectivity index (χ0v) is 20.7. The number of ether oxygens (including phenoxy) is 1. The molecular weight excluding hydrogens is 514 g/mol. The molecule has 0 fully saturated rings. The van der Waals surface area contributed by atoms with Gasteiger partial charge in [-0.1, -0.05) is 6.07 Å². The summed E-state index contributed by atoms with van der Waals surface area (Å²) in [5.41, 5.74) is 4.15. The first-order chi connectivity index (χ1) is 18.3. The molecule has 3 aromatic heterocycles. The molecular formula is C27H20F2N4O4S. The van der Waals surface area contributed by atoms with E-state index in [9.17, 15) is 22.3 Å². The molecule has 0 unspecified atom stereocenters. The third-order valence-corrected chi connectivity index (χ3v) is 7.32. The Labute approximate surface area is 216 Å². The summed E-state index contributed by atoms with van der Waals surface area (Å²) >= 11 is 0. The van der Waals surface area contributed by atoms with Crippen LogP contribution in [-0.2, 0) is 16.6 Å². The van der Waals surface area contributed by atoms with E-state index in [4.69, 9.17) is 4.74 Å². The second-order valence-corrected chi connectivity index (χ2v) is 9.89. The highest BCUT2D eigenvalue weighted by Crippen LogP contribution is 2.35. The summed E-state index contributed by atoms with van der Waals surface area (Å²) in [6.07, 6.45) is 6.45. The molecule has 2 N–H and O–H groups in total. The van der Waals surface area contributed by atoms with Crippen LogP contribution >= 0.6 is 0 Å². The first kappa shape index (κ1) is 25.2. The van der Waals surface area contributed by atoms with Crippen molar-refractivity contribution in [2.45, 2.75) is 11.5 Å². The average Bonchev–Trinajstić information content (AvgIpc) is 2.92. The summed E-state index contributed by atoms with van der Waals surface area (Å²) in [6, 6.07) is 12.7. The van der Waals surface area contributed by atoms with Gasteiger partial charge in [0.05, 0.1) is 19.2 Å². The van der Waals surface area contributed by atoms with Crippen LogP contribution in [0.1, 0.15) is 5.56 Å². The van der Waals surface area contributed by atoms with E-state index in [0.29, 0.717) is 28.3 Å². The van der Waals surface area contributed by atoms with Crippen LogP contribution in [0.5, 0.6) is 5.88 Å². The molecule has 0 aliphatic carbocycles. The number of hydrogen-bond donors (Lipinski definition) is 2. The fourth-order valence-electron chi connectivity index (χ4n) is 4.10. The van der Waals surface area contributed by atoms with Crippen LogP contribution in [-0.4, -0.2) is 35.6 Å². The van der Waals surface area contributed by atoms with Crippen molar-refractivity contribution in [2.24, 2.45) is 0 Å². The number of aliphatic hydroxyl groups is 1. The van der Waals surface area contributed by atoms with Crippen molar-refractivity contribution in [1.29, 1.82) is 0 Å². The van der Waals surface area contributed by atoms with E-state index < -0.39 is 26.6 Å². The van der Waals surface area contributed by atoms with E-state index in [1.807, 2.05) is 18.2 Å². The first-order valence-corrected chi connectivity index (χ1v) is 12.7. The fourth-order valence-corrected chi connectivity index (χ4v) is 5.21. The summed E-state index contributed by atoms with van der Waals surface area (Å²) in [6.45, 7) is -0.165. The van der Waals surface area contributed by atoms with Gasteiger partial charge >= 0.3 is 0 Å². The van der Waals surface area contributed by atoms with Crippen molar-refractivity contribution >= 4 is 26.6 Å². The van der Waals surface area contributed by atoms with Crippen LogP contribution in [0, 0.1) is 11.6 Å². The molecule has 38 heavy (non-hydrogen) atoms. The molecule has 8 nitrogen and oxygen atoms in total. The van der Waals surface area contributed by atoms with Gasteiger partial charge in [-0.2, -0.15) is 0 Å². The molecule has 0 spiro atoms. The van der Waals surface area contributed by atoms with E-state index in [1.165, 1.54) is 19.4 Å². The first-order valence-electron chi connectivity index (χ1n) is 11.3. The van der Waals surface area contributed by atoms with Crippen LogP contribution in [0.3, 0.4) is 0 Å². The molecule has 5 aromatic rings. The van der Waals surface area contributed by atoms with Gasteiger partial charge in [-0.25, -0.2) is 22.2 Å². The standard InChI is InChI=1S/C27H20F2N4O4S/c1-37-27-25(33-38(35,36)26-5-3-19(28)12-23(26)29)11-18(13-32-27)16-2-4-24-21(10-16)20(7-9-31-24)22-14-30-8-6-17(22)15-34/h2-14,33-34H,15H2,1H3. The number of halogens is 2. The van der Waals surface area contributed by atoms with Gasteiger partial charge in [0.2, 0.25) is 5.88 Å². The molecule has 0 saturated heterocycles. The lowest BCUT2D eigenvalue weighted by Gasteiger charge is -2.14. The van der Waals surface area contributed by atoms with Crippen LogP contribution < -0.4 is 9.46 Å². The van der Waals surface area contributed by atoms with Crippen molar-refractivity contribution in [3.8, 4) is 28.1 Å². The van der Waals surface area contributed by atoms with E-state index >= 15 is 0 Å². The Hall–Kier alpha value is -4.48. The summed E-state index contributed by atoms with van der Waals surface area (Å²) in [5, 5.41) is 10.6. The number of methoxy groups -OCH3 is 1. The van der Waals surface area contributed by atoms with E-state index in [0.717, 1.165) is 28.6 Å². The highest BCUT2D eigenvalue weighted by Gasteiger charge is 2.22. The minimum atomic E-state index is -4.43. The molecule has 0 aliphatic heterocycles. The van der Waals surface area contributed by atoms with Gasteiger partial charge in [0.15, 0.2) is 0 Å². The predicted molar refractivity (Wildman–Crippen MR) is 138 cm³/mol. The number of anilines is 1. The molecule has 0 atom stereocenters. The van der Waals surface area contributed by atoms with Gasteiger partial charge in [-0.05, 0) is 59.2 Å². The van der Waals surface area contributed by atoms with Crippen LogP contribution in [0.15, 0.2) is 84.3 Å². The van der Waals surface area contributed by atoms with Crippen molar-refractivity contribution < 1.29 is 27.0 Å². The zero-order valence-electron chi connectivity index (χ0n) is 19.9. The third kappa shape index (κ3) is 4.76. The van der Waals surface area contributed by atoms with Crippen LogP contribution in [0.4, 0.5) is 14.5 Å². The fraction of sp³-hybridized carbons (Fsp3) is 0.0741. The number of nitrogens with one attached hydrogen (secondary N) is 1. The lowest BCUT2D eigenvalue weighted by atomic mass is 9.96. The number of fused-ring (bicyclic) bond motifs is 1. The van der Waals surface area contributed by atoms with Gasteiger partial charge in [-0.3, -0.25) is 14.7 Å². The quantitative estimate of drug-likeness (QED) is 0.304. The SMILES string of the molecule is COc1ncc(-c2ccc3nccc(-c4cnccc4CO)c3c2)cc1NS(=O)(=O)c1ccc(F)cc1F. The number of benzene rings is 2. The number of hydrogen-bond acceptors (Lipinski definition) is 7. The Morgan fingerprint density at radius 3 is 2.53 bits per heavy atom. The number of nitrogens with zero attached hydrogens (tertiary/aromatic N) is 3. The Balaban J connectivity index is 1.59. The van der Waals surface area contributed by atoms with Crippen molar-refractivity contribution in [3.63, 3.8) is 0 Å². The Morgan fingerprint density at radius 2 is 1.76 bits per heavy atom. The minimum absolute atomic E-state index is 0.0324. The second-order valence-electron chi connectivity index (χ2n) is 8.24. The molecule has 3 heterocycles. The molecule has 192 valence electrons. The monoisotopic (exact) mass is 534 g/mol. The Bertz CT molecular complexity index is 1780. The summed E-state index contributed by atoms with van der Waals surface area (Å²) in [4.78, 5) is 12.1. The summed E-state index contributed by atoms with van der Waals surface area (Å²) in [7, 11) is -3.11. The van der Waals surface area contributed by atoms with Gasteiger partial charge in [0.1, 0.15) is 22.2 Å². The molecule has 0 radical (unpaired) electrons. The van der Waals surface area contributed by atoms with Gasteiger partial charge in [-0.15, -0.1) is 0 Å². The number of pyridine rings is 3.